The average Bonchev–Trinajstić information content (AvgIpc) is 2.89. The topological polar surface area (TPSA) is 42.0 Å². The zero-order chi connectivity index (χ0) is 14.8. The van der Waals surface area contributed by atoms with Crippen molar-refractivity contribution in [3.8, 4) is 11.3 Å². The summed E-state index contributed by atoms with van der Waals surface area (Å²) in [5.41, 5.74) is 1.34. The molecule has 2 aromatic rings. The maximum Gasteiger partial charge on any atom is 0.427 e. The first-order chi connectivity index (χ1) is 9.40. The molecule has 1 amide bonds. The first-order valence-electron chi connectivity index (χ1n) is 5.48. The second kappa shape index (κ2) is 5.46. The van der Waals surface area contributed by atoms with Gasteiger partial charge in [-0.05, 0) is 35.8 Å². The van der Waals surface area contributed by atoms with Gasteiger partial charge in [-0.15, -0.1) is 0 Å². The standard InChI is InChI=1S/C13H9F3N2OS/c1-2-12(19)17-9-5-3-8(4-6-9)10-7-11(20-18-10)13(14,15)16/h2-7H,1H2,(H,17,19). The third-order valence-electron chi connectivity index (χ3n) is 2.42. The van der Waals surface area contributed by atoms with Crippen LogP contribution in [0.25, 0.3) is 11.3 Å². The second-order valence-electron chi connectivity index (χ2n) is 3.84. The largest absolute Gasteiger partial charge is 0.427 e. The number of halogens is 3. The van der Waals surface area contributed by atoms with Crippen LogP contribution in [-0.4, -0.2) is 10.3 Å². The van der Waals surface area contributed by atoms with E-state index in [1.54, 1.807) is 24.3 Å². The number of nitrogens with one attached hydrogen (secondary N) is 1. The molecule has 2 rings (SSSR count). The molecule has 1 heterocycles. The molecule has 0 saturated heterocycles. The molecule has 0 atom stereocenters. The summed E-state index contributed by atoms with van der Waals surface area (Å²) in [6, 6.07) is 7.36. The lowest BCUT2D eigenvalue weighted by Gasteiger charge is -2.03. The van der Waals surface area contributed by atoms with Gasteiger partial charge in [-0.1, -0.05) is 18.7 Å². The monoisotopic (exact) mass is 298 g/mol. The SMILES string of the molecule is C=CC(=O)Nc1ccc(-c2cc(C(F)(F)F)sn2)cc1. The maximum absolute atomic E-state index is 12.5. The molecule has 0 aliphatic rings. The number of amides is 1. The summed E-state index contributed by atoms with van der Waals surface area (Å²) >= 11 is 0.412. The van der Waals surface area contributed by atoms with Gasteiger partial charge in [0.25, 0.3) is 0 Å². The highest BCUT2D eigenvalue weighted by molar-refractivity contribution is 7.06. The minimum atomic E-state index is -4.38. The third kappa shape index (κ3) is 3.24. The van der Waals surface area contributed by atoms with E-state index >= 15 is 0 Å². The number of benzene rings is 1. The van der Waals surface area contributed by atoms with Crippen LogP contribution in [0, 0.1) is 0 Å². The van der Waals surface area contributed by atoms with Gasteiger partial charge >= 0.3 is 6.18 Å². The van der Waals surface area contributed by atoms with Gasteiger partial charge in [0.05, 0.1) is 5.69 Å². The smallest absolute Gasteiger partial charge is 0.323 e. The molecule has 0 spiro atoms. The van der Waals surface area contributed by atoms with Crippen molar-refractivity contribution in [2.24, 2.45) is 0 Å². The van der Waals surface area contributed by atoms with Crippen LogP contribution >= 0.6 is 11.5 Å². The predicted molar refractivity (Wildman–Crippen MR) is 71.4 cm³/mol. The molecular formula is C13H9F3N2OS. The Kier molecular flexibility index (Phi) is 3.89. The molecule has 1 aromatic heterocycles. The van der Waals surface area contributed by atoms with Crippen molar-refractivity contribution < 1.29 is 18.0 Å². The zero-order valence-electron chi connectivity index (χ0n) is 10.1. The van der Waals surface area contributed by atoms with Crippen LogP contribution in [-0.2, 0) is 11.0 Å². The molecule has 1 aromatic carbocycles. The quantitative estimate of drug-likeness (QED) is 0.872. The number of alkyl halides is 3. The van der Waals surface area contributed by atoms with Crippen molar-refractivity contribution in [1.29, 1.82) is 0 Å². The number of nitrogens with zero attached hydrogens (tertiary/aromatic N) is 1. The van der Waals surface area contributed by atoms with Crippen molar-refractivity contribution in [1.82, 2.24) is 4.37 Å². The Hall–Kier alpha value is -2.15. The third-order valence-corrected chi connectivity index (χ3v) is 3.26. The van der Waals surface area contributed by atoms with Gasteiger partial charge in [-0.25, -0.2) is 0 Å². The Morgan fingerprint density at radius 2 is 1.95 bits per heavy atom. The molecule has 0 aliphatic heterocycles. The summed E-state index contributed by atoms with van der Waals surface area (Å²) in [6.45, 7) is 3.32. The molecule has 0 bridgehead atoms. The summed E-state index contributed by atoms with van der Waals surface area (Å²) < 4.78 is 41.2. The lowest BCUT2D eigenvalue weighted by atomic mass is 10.1. The van der Waals surface area contributed by atoms with E-state index in [4.69, 9.17) is 0 Å². The summed E-state index contributed by atoms with van der Waals surface area (Å²) in [6.07, 6.45) is -3.25. The van der Waals surface area contributed by atoms with E-state index in [2.05, 4.69) is 16.3 Å². The van der Waals surface area contributed by atoms with Crippen LogP contribution in [0.4, 0.5) is 18.9 Å². The van der Waals surface area contributed by atoms with Crippen LogP contribution in [0.2, 0.25) is 0 Å². The zero-order valence-corrected chi connectivity index (χ0v) is 10.9. The lowest BCUT2D eigenvalue weighted by molar-refractivity contribution is -0.134. The first kappa shape index (κ1) is 14.3. The Morgan fingerprint density at radius 3 is 2.45 bits per heavy atom. The molecule has 7 heteroatoms. The normalized spacial score (nSPS) is 11.2. The minimum Gasteiger partial charge on any atom is -0.323 e. The Bertz CT molecular complexity index is 632. The van der Waals surface area contributed by atoms with E-state index in [1.165, 1.54) is 0 Å². The molecule has 104 valence electrons. The number of aromatic nitrogens is 1. The van der Waals surface area contributed by atoms with Gasteiger partial charge in [0, 0.05) is 11.3 Å². The predicted octanol–water partition coefficient (Wildman–Crippen LogP) is 3.95. The summed E-state index contributed by atoms with van der Waals surface area (Å²) in [4.78, 5) is 10.3. The molecule has 0 aliphatic carbocycles. The van der Waals surface area contributed by atoms with Crippen LogP contribution in [0.15, 0.2) is 43.0 Å². The fraction of sp³-hybridized carbons (Fsp3) is 0.0769. The summed E-state index contributed by atoms with van der Waals surface area (Å²) in [7, 11) is 0. The van der Waals surface area contributed by atoms with Gasteiger partial charge in [-0.3, -0.25) is 4.79 Å². The summed E-state index contributed by atoms with van der Waals surface area (Å²) in [5.74, 6) is -0.356. The number of anilines is 1. The van der Waals surface area contributed by atoms with Crippen molar-refractivity contribution in [2.45, 2.75) is 6.18 Å². The van der Waals surface area contributed by atoms with Crippen LogP contribution in [0.5, 0.6) is 0 Å². The van der Waals surface area contributed by atoms with Crippen LogP contribution < -0.4 is 5.32 Å². The van der Waals surface area contributed by atoms with Crippen molar-refractivity contribution in [2.75, 3.05) is 5.32 Å². The van der Waals surface area contributed by atoms with Gasteiger partial charge in [0.1, 0.15) is 4.88 Å². The highest BCUT2D eigenvalue weighted by Gasteiger charge is 2.33. The van der Waals surface area contributed by atoms with Gasteiger partial charge < -0.3 is 5.32 Å². The van der Waals surface area contributed by atoms with Gasteiger partial charge in [0.15, 0.2) is 0 Å². The fourth-order valence-corrected chi connectivity index (χ4v) is 2.09. The fourth-order valence-electron chi connectivity index (χ4n) is 1.46. The number of hydrogen-bond donors (Lipinski definition) is 1. The number of rotatable bonds is 3. The first-order valence-corrected chi connectivity index (χ1v) is 6.25. The molecule has 0 saturated carbocycles. The van der Waals surface area contributed by atoms with E-state index in [0.29, 0.717) is 22.8 Å². The number of hydrogen-bond acceptors (Lipinski definition) is 3. The maximum atomic E-state index is 12.5. The Morgan fingerprint density at radius 1 is 1.30 bits per heavy atom. The molecular weight excluding hydrogens is 289 g/mol. The van der Waals surface area contributed by atoms with Crippen LogP contribution in [0.1, 0.15) is 4.88 Å². The van der Waals surface area contributed by atoms with Crippen molar-refractivity contribution in [3.05, 3.63) is 47.9 Å². The average molecular weight is 298 g/mol. The lowest BCUT2D eigenvalue weighted by Crippen LogP contribution is -2.06. The van der Waals surface area contributed by atoms with E-state index in [0.717, 1.165) is 12.1 Å². The molecule has 20 heavy (non-hydrogen) atoms. The van der Waals surface area contributed by atoms with E-state index < -0.39 is 11.1 Å². The molecule has 0 radical (unpaired) electrons. The molecule has 0 fully saturated rings. The minimum absolute atomic E-state index is 0.254. The Labute approximate surface area is 116 Å². The molecule has 3 nitrogen and oxygen atoms in total. The van der Waals surface area contributed by atoms with Crippen molar-refractivity contribution >= 4 is 23.1 Å². The number of carbonyl (C=O) groups is 1. The highest BCUT2D eigenvalue weighted by Crippen LogP contribution is 2.35. The van der Waals surface area contributed by atoms with E-state index in [9.17, 15) is 18.0 Å². The molecule has 1 N–H and O–H groups in total. The van der Waals surface area contributed by atoms with Gasteiger partial charge in [-0.2, -0.15) is 17.5 Å². The van der Waals surface area contributed by atoms with E-state index in [-0.39, 0.29) is 11.6 Å². The number of carbonyl (C=O) groups excluding carboxylic acids is 1. The Balaban J connectivity index is 2.20. The molecule has 0 unspecified atom stereocenters. The summed E-state index contributed by atoms with van der Waals surface area (Å²) in [5, 5.41) is 2.54. The van der Waals surface area contributed by atoms with Crippen molar-refractivity contribution in [3.63, 3.8) is 0 Å². The highest BCUT2D eigenvalue weighted by atomic mass is 32.1. The van der Waals surface area contributed by atoms with Gasteiger partial charge in [0.2, 0.25) is 5.91 Å². The van der Waals surface area contributed by atoms with Crippen LogP contribution in [0.3, 0.4) is 0 Å². The second-order valence-corrected chi connectivity index (χ2v) is 4.65. The van der Waals surface area contributed by atoms with E-state index in [1.807, 2.05) is 0 Å².